The summed E-state index contributed by atoms with van der Waals surface area (Å²) in [6, 6.07) is 4.85. The summed E-state index contributed by atoms with van der Waals surface area (Å²) >= 11 is 5.93. The second kappa shape index (κ2) is 8.83. The number of hydrogen-bond donors (Lipinski definition) is 1. The minimum Gasteiger partial charge on any atom is -0.481 e. The van der Waals surface area contributed by atoms with Gasteiger partial charge in [0.05, 0.1) is 5.56 Å². The molecule has 0 atom stereocenters. The minimum atomic E-state index is -1.05. The van der Waals surface area contributed by atoms with Gasteiger partial charge < -0.3 is 9.84 Å². The number of aliphatic imine (C=N–C) groups is 1. The van der Waals surface area contributed by atoms with Crippen LogP contribution in [0.4, 0.5) is 0 Å². The van der Waals surface area contributed by atoms with Gasteiger partial charge in [0.15, 0.2) is 6.61 Å². The average molecular weight is 306 g/mol. The molecule has 0 bridgehead atoms. The van der Waals surface area contributed by atoms with E-state index in [1.54, 1.807) is 25.2 Å². The molecule has 0 heterocycles. The molecule has 4 nitrogen and oxygen atoms in total. The molecule has 0 aliphatic carbocycles. The van der Waals surface area contributed by atoms with E-state index >= 15 is 0 Å². The molecule has 1 aromatic carbocycles. The fourth-order valence-electron chi connectivity index (χ4n) is 1.40. The number of rotatable bonds is 5. The molecule has 0 saturated heterocycles. The van der Waals surface area contributed by atoms with Crippen molar-refractivity contribution in [1.29, 1.82) is 0 Å². The lowest BCUT2D eigenvalue weighted by molar-refractivity contribution is -0.139. The SMILES string of the molecule is CC/C=C\C(C#Cc1cc(Cl)ccc1OCC(=O)O)=NC. The number of carboxylic acid groups (broad SMARTS) is 1. The summed E-state index contributed by atoms with van der Waals surface area (Å²) in [7, 11) is 1.66. The van der Waals surface area contributed by atoms with E-state index in [0.717, 1.165) is 6.42 Å². The molecule has 0 fully saturated rings. The highest BCUT2D eigenvalue weighted by atomic mass is 35.5. The van der Waals surface area contributed by atoms with Gasteiger partial charge in [-0.15, -0.1) is 0 Å². The maximum atomic E-state index is 10.6. The average Bonchev–Trinajstić information content (AvgIpc) is 2.46. The van der Waals surface area contributed by atoms with Gasteiger partial charge in [-0.1, -0.05) is 30.5 Å². The molecule has 5 heteroatoms. The lowest BCUT2D eigenvalue weighted by atomic mass is 10.2. The molecular formula is C16H16ClNO3. The second-order valence-electron chi connectivity index (χ2n) is 3.99. The summed E-state index contributed by atoms with van der Waals surface area (Å²) in [5, 5.41) is 9.16. The first-order valence-electron chi connectivity index (χ1n) is 6.36. The van der Waals surface area contributed by atoms with Gasteiger partial charge in [0, 0.05) is 12.1 Å². The Morgan fingerprint density at radius 2 is 2.29 bits per heavy atom. The van der Waals surface area contributed by atoms with E-state index in [-0.39, 0.29) is 0 Å². The van der Waals surface area contributed by atoms with Crippen LogP contribution in [0.25, 0.3) is 0 Å². The fourth-order valence-corrected chi connectivity index (χ4v) is 1.57. The molecule has 1 aromatic rings. The van der Waals surface area contributed by atoms with Crippen LogP contribution >= 0.6 is 11.6 Å². The second-order valence-corrected chi connectivity index (χ2v) is 4.43. The first kappa shape index (κ1) is 16.8. The van der Waals surface area contributed by atoms with Crippen LogP contribution in [-0.2, 0) is 4.79 Å². The number of carboxylic acids is 1. The lowest BCUT2D eigenvalue weighted by Gasteiger charge is -2.05. The van der Waals surface area contributed by atoms with E-state index < -0.39 is 12.6 Å². The molecule has 0 saturated carbocycles. The predicted octanol–water partition coefficient (Wildman–Crippen LogP) is 3.19. The van der Waals surface area contributed by atoms with Crippen molar-refractivity contribution in [3.63, 3.8) is 0 Å². The normalized spacial score (nSPS) is 11.1. The molecular weight excluding hydrogens is 290 g/mol. The quantitative estimate of drug-likeness (QED) is 0.671. The maximum Gasteiger partial charge on any atom is 0.341 e. The summed E-state index contributed by atoms with van der Waals surface area (Å²) in [4.78, 5) is 14.6. The van der Waals surface area contributed by atoms with Crippen molar-refractivity contribution < 1.29 is 14.6 Å². The van der Waals surface area contributed by atoms with E-state index in [2.05, 4.69) is 16.8 Å². The third-order valence-electron chi connectivity index (χ3n) is 2.37. The number of nitrogens with zero attached hydrogens (tertiary/aromatic N) is 1. The van der Waals surface area contributed by atoms with Crippen LogP contribution in [-0.4, -0.2) is 30.4 Å². The van der Waals surface area contributed by atoms with Gasteiger partial charge >= 0.3 is 5.97 Å². The molecule has 1 N–H and O–H groups in total. The van der Waals surface area contributed by atoms with Crippen molar-refractivity contribution in [3.8, 4) is 17.6 Å². The molecule has 0 spiro atoms. The molecule has 1 rings (SSSR count). The van der Waals surface area contributed by atoms with Crippen LogP contribution in [0.3, 0.4) is 0 Å². The van der Waals surface area contributed by atoms with Crippen LogP contribution in [0.5, 0.6) is 5.75 Å². The Morgan fingerprint density at radius 1 is 1.52 bits per heavy atom. The van der Waals surface area contributed by atoms with Gasteiger partial charge in [0.25, 0.3) is 0 Å². The first-order valence-corrected chi connectivity index (χ1v) is 6.74. The van der Waals surface area contributed by atoms with E-state index in [4.69, 9.17) is 21.4 Å². The standard InChI is InChI=1S/C16H16ClNO3/c1-3-4-5-14(18-2)8-6-12-10-13(17)7-9-15(12)21-11-16(19)20/h4-5,7,9-10H,3,11H2,1-2H3,(H,19,20)/b5-4-,18-14?. The zero-order valence-electron chi connectivity index (χ0n) is 11.9. The highest BCUT2D eigenvalue weighted by molar-refractivity contribution is 6.30. The zero-order chi connectivity index (χ0) is 15.7. The van der Waals surface area contributed by atoms with Crippen molar-refractivity contribution in [2.24, 2.45) is 4.99 Å². The van der Waals surface area contributed by atoms with Gasteiger partial charge in [0.2, 0.25) is 0 Å². The van der Waals surface area contributed by atoms with E-state index in [1.165, 1.54) is 0 Å². The molecule has 0 aromatic heterocycles. The summed E-state index contributed by atoms with van der Waals surface area (Å²) in [5.41, 5.74) is 1.15. The number of hydrogen-bond acceptors (Lipinski definition) is 3. The molecule has 0 aliphatic rings. The van der Waals surface area contributed by atoms with Crippen LogP contribution < -0.4 is 4.74 Å². The molecule has 0 unspecified atom stereocenters. The van der Waals surface area contributed by atoms with Crippen molar-refractivity contribution >= 4 is 23.3 Å². The van der Waals surface area contributed by atoms with E-state index in [9.17, 15) is 4.79 Å². The van der Waals surface area contributed by atoms with Gasteiger partial charge in [-0.3, -0.25) is 4.99 Å². The van der Waals surface area contributed by atoms with Crippen LogP contribution in [0.15, 0.2) is 35.3 Å². The molecule has 0 radical (unpaired) electrons. The molecule has 21 heavy (non-hydrogen) atoms. The van der Waals surface area contributed by atoms with Crippen LogP contribution in [0.1, 0.15) is 18.9 Å². The monoisotopic (exact) mass is 305 g/mol. The Labute approximate surface area is 129 Å². The fraction of sp³-hybridized carbons (Fsp3) is 0.250. The van der Waals surface area contributed by atoms with Crippen molar-refractivity contribution in [3.05, 3.63) is 40.9 Å². The Hall–Kier alpha value is -2.25. The highest BCUT2D eigenvalue weighted by Gasteiger charge is 2.05. The van der Waals surface area contributed by atoms with Crippen molar-refractivity contribution in [2.45, 2.75) is 13.3 Å². The van der Waals surface area contributed by atoms with Gasteiger partial charge in [-0.25, -0.2) is 4.79 Å². The lowest BCUT2D eigenvalue weighted by Crippen LogP contribution is -2.10. The highest BCUT2D eigenvalue weighted by Crippen LogP contribution is 2.22. The molecule has 0 aliphatic heterocycles. The Balaban J connectivity index is 3.03. The number of allylic oxidation sites excluding steroid dienone is 2. The third-order valence-corrected chi connectivity index (χ3v) is 2.61. The number of aliphatic carboxylic acids is 1. The van der Waals surface area contributed by atoms with E-state index in [1.807, 2.05) is 19.1 Å². The number of carbonyl (C=O) groups is 1. The molecule has 110 valence electrons. The van der Waals surface area contributed by atoms with Crippen molar-refractivity contribution in [1.82, 2.24) is 0 Å². The van der Waals surface area contributed by atoms with E-state index in [0.29, 0.717) is 22.0 Å². The summed E-state index contributed by atoms with van der Waals surface area (Å²) in [5.74, 6) is 5.13. The predicted molar refractivity (Wildman–Crippen MR) is 84.3 cm³/mol. The minimum absolute atomic E-state index is 0.379. The Kier molecular flexibility index (Phi) is 7.06. The van der Waals surface area contributed by atoms with Gasteiger partial charge in [0.1, 0.15) is 11.5 Å². The smallest absolute Gasteiger partial charge is 0.341 e. The third kappa shape index (κ3) is 6.15. The first-order chi connectivity index (χ1) is 10.1. The Morgan fingerprint density at radius 3 is 2.90 bits per heavy atom. The van der Waals surface area contributed by atoms with Gasteiger partial charge in [-0.05, 0) is 36.6 Å². The summed E-state index contributed by atoms with van der Waals surface area (Å²) in [6.07, 6.45) is 4.68. The zero-order valence-corrected chi connectivity index (χ0v) is 12.6. The van der Waals surface area contributed by atoms with Crippen LogP contribution in [0.2, 0.25) is 5.02 Å². The summed E-state index contributed by atoms with van der Waals surface area (Å²) < 4.78 is 5.18. The maximum absolute atomic E-state index is 10.6. The molecule has 0 amide bonds. The number of benzene rings is 1. The Bertz CT molecular complexity index is 624. The topological polar surface area (TPSA) is 58.9 Å². The number of ether oxygens (including phenoxy) is 1. The van der Waals surface area contributed by atoms with Gasteiger partial charge in [-0.2, -0.15) is 0 Å². The largest absolute Gasteiger partial charge is 0.481 e. The summed E-state index contributed by atoms with van der Waals surface area (Å²) in [6.45, 7) is 1.59. The van der Waals surface area contributed by atoms with Crippen molar-refractivity contribution in [2.75, 3.05) is 13.7 Å². The van der Waals surface area contributed by atoms with Crippen LogP contribution in [0, 0.1) is 11.8 Å². The number of halogens is 1.